The van der Waals surface area contributed by atoms with Gasteiger partial charge in [-0.1, -0.05) is 13.8 Å². The number of thiazole rings is 1. The highest BCUT2D eigenvalue weighted by molar-refractivity contribution is 7.11. The van der Waals surface area contributed by atoms with Gasteiger partial charge in [0, 0.05) is 11.1 Å². The summed E-state index contributed by atoms with van der Waals surface area (Å²) in [6, 6.07) is 4.46. The maximum Gasteiger partial charge on any atom is 0.120 e. The minimum absolute atomic E-state index is 0.254. The predicted molar refractivity (Wildman–Crippen MR) is 74.8 cm³/mol. The van der Waals surface area contributed by atoms with Crippen LogP contribution in [0.15, 0.2) is 29.0 Å². The SMILES string of the molecule is CCc1cnc(C(C)NC(CC)c2ccco2)s1. The summed E-state index contributed by atoms with van der Waals surface area (Å²) < 4.78 is 5.47. The zero-order chi connectivity index (χ0) is 13.0. The monoisotopic (exact) mass is 264 g/mol. The lowest BCUT2D eigenvalue weighted by molar-refractivity contribution is 0.376. The largest absolute Gasteiger partial charge is 0.468 e. The van der Waals surface area contributed by atoms with E-state index in [1.165, 1.54) is 4.88 Å². The average Bonchev–Trinajstić information content (AvgIpc) is 3.05. The maximum absolute atomic E-state index is 5.47. The van der Waals surface area contributed by atoms with Gasteiger partial charge in [-0.05, 0) is 31.9 Å². The van der Waals surface area contributed by atoms with Crippen LogP contribution in [0.5, 0.6) is 0 Å². The van der Waals surface area contributed by atoms with E-state index in [4.69, 9.17) is 4.42 Å². The van der Waals surface area contributed by atoms with Crippen LogP contribution in [0.1, 0.15) is 54.9 Å². The van der Waals surface area contributed by atoms with Gasteiger partial charge in [0.25, 0.3) is 0 Å². The maximum atomic E-state index is 5.47. The van der Waals surface area contributed by atoms with E-state index in [9.17, 15) is 0 Å². The van der Waals surface area contributed by atoms with Crippen LogP contribution >= 0.6 is 11.3 Å². The van der Waals surface area contributed by atoms with E-state index in [1.54, 1.807) is 17.6 Å². The Balaban J connectivity index is 2.03. The molecule has 2 atom stereocenters. The summed E-state index contributed by atoms with van der Waals surface area (Å²) in [6.07, 6.45) is 5.76. The van der Waals surface area contributed by atoms with Crippen molar-refractivity contribution in [2.45, 2.75) is 45.7 Å². The minimum Gasteiger partial charge on any atom is -0.468 e. The lowest BCUT2D eigenvalue weighted by Gasteiger charge is -2.19. The Morgan fingerprint density at radius 1 is 1.44 bits per heavy atom. The second-order valence-electron chi connectivity index (χ2n) is 4.38. The highest BCUT2D eigenvalue weighted by Gasteiger charge is 2.17. The van der Waals surface area contributed by atoms with Crippen LogP contribution in [0.4, 0.5) is 0 Å². The van der Waals surface area contributed by atoms with Crippen molar-refractivity contribution in [1.29, 1.82) is 0 Å². The van der Waals surface area contributed by atoms with Crippen LogP contribution in [0.3, 0.4) is 0 Å². The van der Waals surface area contributed by atoms with Crippen LogP contribution < -0.4 is 5.32 Å². The number of nitrogens with one attached hydrogen (secondary N) is 1. The number of furan rings is 1. The van der Waals surface area contributed by atoms with E-state index < -0.39 is 0 Å². The molecular weight excluding hydrogens is 244 g/mol. The van der Waals surface area contributed by atoms with Gasteiger partial charge < -0.3 is 4.42 Å². The number of aromatic nitrogens is 1. The van der Waals surface area contributed by atoms with E-state index in [0.717, 1.165) is 23.6 Å². The van der Waals surface area contributed by atoms with Crippen molar-refractivity contribution in [3.8, 4) is 0 Å². The Bertz CT molecular complexity index is 464. The molecule has 0 bridgehead atoms. The molecule has 0 saturated heterocycles. The molecule has 4 heteroatoms. The van der Waals surface area contributed by atoms with E-state index in [-0.39, 0.29) is 12.1 Å². The third-order valence-corrected chi connectivity index (χ3v) is 4.36. The predicted octanol–water partition coefficient (Wildman–Crippen LogP) is 4.10. The number of hydrogen-bond donors (Lipinski definition) is 1. The lowest BCUT2D eigenvalue weighted by atomic mass is 10.1. The summed E-state index contributed by atoms with van der Waals surface area (Å²) in [5.74, 6) is 0.997. The molecule has 0 aromatic carbocycles. The summed E-state index contributed by atoms with van der Waals surface area (Å²) >= 11 is 1.79. The smallest absolute Gasteiger partial charge is 0.120 e. The van der Waals surface area contributed by atoms with Crippen molar-refractivity contribution in [2.24, 2.45) is 0 Å². The molecule has 2 heterocycles. The number of hydrogen-bond acceptors (Lipinski definition) is 4. The lowest BCUT2D eigenvalue weighted by Crippen LogP contribution is -2.23. The van der Waals surface area contributed by atoms with Gasteiger partial charge in [0.2, 0.25) is 0 Å². The van der Waals surface area contributed by atoms with Gasteiger partial charge in [-0.15, -0.1) is 11.3 Å². The first-order valence-electron chi connectivity index (χ1n) is 6.48. The van der Waals surface area contributed by atoms with Crippen molar-refractivity contribution in [3.05, 3.63) is 40.2 Å². The van der Waals surface area contributed by atoms with E-state index in [0.29, 0.717) is 0 Å². The third kappa shape index (κ3) is 3.00. The van der Waals surface area contributed by atoms with Crippen molar-refractivity contribution in [3.63, 3.8) is 0 Å². The Morgan fingerprint density at radius 2 is 2.28 bits per heavy atom. The molecule has 0 saturated carbocycles. The van der Waals surface area contributed by atoms with Crippen LogP contribution in [0.25, 0.3) is 0 Å². The Morgan fingerprint density at radius 3 is 2.83 bits per heavy atom. The molecule has 2 unspecified atom stereocenters. The molecule has 3 nitrogen and oxygen atoms in total. The molecule has 18 heavy (non-hydrogen) atoms. The van der Waals surface area contributed by atoms with Gasteiger partial charge in [-0.3, -0.25) is 5.32 Å². The van der Waals surface area contributed by atoms with Crippen molar-refractivity contribution in [2.75, 3.05) is 0 Å². The summed E-state index contributed by atoms with van der Waals surface area (Å²) in [6.45, 7) is 6.48. The zero-order valence-electron chi connectivity index (χ0n) is 11.1. The molecule has 0 amide bonds. The van der Waals surface area contributed by atoms with Crippen LogP contribution in [0.2, 0.25) is 0 Å². The quantitative estimate of drug-likeness (QED) is 0.853. The highest BCUT2D eigenvalue weighted by atomic mass is 32.1. The van der Waals surface area contributed by atoms with Gasteiger partial charge in [-0.2, -0.15) is 0 Å². The fraction of sp³-hybridized carbons (Fsp3) is 0.500. The average molecular weight is 264 g/mol. The molecule has 0 radical (unpaired) electrons. The Hall–Kier alpha value is -1.13. The summed E-state index contributed by atoms with van der Waals surface area (Å²) in [7, 11) is 0. The summed E-state index contributed by atoms with van der Waals surface area (Å²) in [5.41, 5.74) is 0. The fourth-order valence-electron chi connectivity index (χ4n) is 1.95. The van der Waals surface area contributed by atoms with Crippen LogP contribution in [0, 0.1) is 0 Å². The highest BCUT2D eigenvalue weighted by Crippen LogP contribution is 2.25. The third-order valence-electron chi connectivity index (χ3n) is 3.04. The van der Waals surface area contributed by atoms with Gasteiger partial charge in [0.15, 0.2) is 0 Å². The van der Waals surface area contributed by atoms with Crippen molar-refractivity contribution in [1.82, 2.24) is 10.3 Å². The molecule has 1 N–H and O–H groups in total. The van der Waals surface area contributed by atoms with Crippen molar-refractivity contribution >= 4 is 11.3 Å². The molecule has 98 valence electrons. The first kappa shape index (κ1) is 13.3. The molecule has 0 spiro atoms. The van der Waals surface area contributed by atoms with E-state index in [1.807, 2.05) is 18.3 Å². The molecule has 2 aromatic heterocycles. The van der Waals surface area contributed by atoms with E-state index in [2.05, 4.69) is 31.1 Å². The summed E-state index contributed by atoms with van der Waals surface area (Å²) in [4.78, 5) is 5.82. The topological polar surface area (TPSA) is 38.1 Å². The van der Waals surface area contributed by atoms with Gasteiger partial charge >= 0.3 is 0 Å². The molecule has 0 fully saturated rings. The van der Waals surface area contributed by atoms with Gasteiger partial charge in [-0.25, -0.2) is 4.98 Å². The molecule has 0 aliphatic heterocycles. The van der Waals surface area contributed by atoms with E-state index >= 15 is 0 Å². The molecule has 2 rings (SSSR count). The first-order chi connectivity index (χ1) is 8.74. The van der Waals surface area contributed by atoms with Crippen LogP contribution in [-0.4, -0.2) is 4.98 Å². The second-order valence-corrected chi connectivity index (χ2v) is 5.53. The number of nitrogens with zero attached hydrogens (tertiary/aromatic N) is 1. The Labute approximate surface area is 112 Å². The molecular formula is C14H20N2OS. The van der Waals surface area contributed by atoms with Gasteiger partial charge in [0.05, 0.1) is 18.3 Å². The van der Waals surface area contributed by atoms with Crippen LogP contribution in [-0.2, 0) is 6.42 Å². The zero-order valence-corrected chi connectivity index (χ0v) is 12.0. The molecule has 0 aliphatic rings. The molecule has 2 aromatic rings. The summed E-state index contributed by atoms with van der Waals surface area (Å²) in [5, 5.41) is 4.73. The number of aryl methyl sites for hydroxylation is 1. The minimum atomic E-state index is 0.254. The molecule has 0 aliphatic carbocycles. The first-order valence-corrected chi connectivity index (χ1v) is 7.30. The number of rotatable bonds is 6. The second kappa shape index (κ2) is 6.16. The normalized spacial score (nSPS) is 14.6. The standard InChI is InChI=1S/C14H20N2OS/c1-4-11-9-15-14(18-11)10(3)16-12(5-2)13-7-6-8-17-13/h6-10,12,16H,4-5H2,1-3H3. The fourth-order valence-corrected chi connectivity index (χ4v) is 2.82. The van der Waals surface area contributed by atoms with Gasteiger partial charge in [0.1, 0.15) is 10.8 Å². The van der Waals surface area contributed by atoms with Crippen molar-refractivity contribution < 1.29 is 4.42 Å². The Kier molecular flexibility index (Phi) is 4.55.